The third-order valence-electron chi connectivity index (χ3n) is 3.87. The highest BCUT2D eigenvalue weighted by Gasteiger charge is 2.24. The summed E-state index contributed by atoms with van der Waals surface area (Å²) in [4.78, 5) is 2.41. The van der Waals surface area contributed by atoms with Crippen molar-refractivity contribution in [1.82, 2.24) is 5.32 Å². The predicted molar refractivity (Wildman–Crippen MR) is 83.0 cm³/mol. The van der Waals surface area contributed by atoms with Crippen molar-refractivity contribution in [3.8, 4) is 11.5 Å². The Morgan fingerprint density at radius 2 is 2.15 bits per heavy atom. The van der Waals surface area contributed by atoms with E-state index in [0.717, 1.165) is 43.6 Å². The summed E-state index contributed by atoms with van der Waals surface area (Å²) >= 11 is 0. The zero-order valence-electron chi connectivity index (χ0n) is 12.8. The van der Waals surface area contributed by atoms with Gasteiger partial charge in [0.15, 0.2) is 0 Å². The second-order valence-electron chi connectivity index (χ2n) is 5.34. The van der Waals surface area contributed by atoms with Crippen molar-refractivity contribution in [3.63, 3.8) is 0 Å². The molecular formula is C16H26N2O2. The molecule has 4 nitrogen and oxygen atoms in total. The van der Waals surface area contributed by atoms with Crippen LogP contribution in [0.1, 0.15) is 19.8 Å². The average Bonchev–Trinajstić information content (AvgIpc) is 2.95. The first-order chi connectivity index (χ1) is 9.78. The van der Waals surface area contributed by atoms with Gasteiger partial charge >= 0.3 is 0 Å². The van der Waals surface area contributed by atoms with Crippen LogP contribution in [0.4, 0.5) is 5.69 Å². The standard InChI is InChI=1S/C16H26N2O2/c1-4-8-17-11-13-7-9-18(12-13)15-6-5-14(19-2)10-16(15)20-3/h5-6,10,13,17H,4,7-9,11-12H2,1-3H3. The predicted octanol–water partition coefficient (Wildman–Crippen LogP) is 2.53. The van der Waals surface area contributed by atoms with Crippen LogP contribution in [0.2, 0.25) is 0 Å². The molecule has 1 saturated heterocycles. The zero-order chi connectivity index (χ0) is 14.4. The largest absolute Gasteiger partial charge is 0.497 e. The minimum atomic E-state index is 0.730. The molecule has 0 aromatic heterocycles. The van der Waals surface area contributed by atoms with Crippen molar-refractivity contribution >= 4 is 5.69 Å². The summed E-state index contributed by atoms with van der Waals surface area (Å²) in [6, 6.07) is 6.05. The van der Waals surface area contributed by atoms with Crippen LogP contribution < -0.4 is 19.7 Å². The monoisotopic (exact) mass is 278 g/mol. The Labute approximate surface area is 122 Å². The third-order valence-corrected chi connectivity index (χ3v) is 3.87. The number of hydrogen-bond acceptors (Lipinski definition) is 4. The van der Waals surface area contributed by atoms with E-state index in [9.17, 15) is 0 Å². The molecule has 0 radical (unpaired) electrons. The fraction of sp³-hybridized carbons (Fsp3) is 0.625. The van der Waals surface area contributed by atoms with Gasteiger partial charge in [0, 0.05) is 19.2 Å². The molecule has 1 fully saturated rings. The normalized spacial score (nSPS) is 18.4. The maximum atomic E-state index is 5.50. The first kappa shape index (κ1) is 15.0. The average molecular weight is 278 g/mol. The molecule has 1 aliphatic rings. The molecule has 1 N–H and O–H groups in total. The van der Waals surface area contributed by atoms with Gasteiger partial charge in [-0.05, 0) is 44.0 Å². The maximum Gasteiger partial charge on any atom is 0.145 e. The summed E-state index contributed by atoms with van der Waals surface area (Å²) in [5.41, 5.74) is 1.17. The van der Waals surface area contributed by atoms with E-state index in [0.29, 0.717) is 0 Å². The summed E-state index contributed by atoms with van der Waals surface area (Å²) in [7, 11) is 3.40. The lowest BCUT2D eigenvalue weighted by molar-refractivity contribution is 0.394. The van der Waals surface area contributed by atoms with E-state index in [2.05, 4.69) is 23.2 Å². The Kier molecular flexibility index (Phi) is 5.53. The number of anilines is 1. The summed E-state index contributed by atoms with van der Waals surface area (Å²) in [5.74, 6) is 2.46. The van der Waals surface area contributed by atoms with E-state index in [4.69, 9.17) is 9.47 Å². The molecule has 0 spiro atoms. The fourth-order valence-electron chi connectivity index (χ4n) is 2.75. The van der Waals surface area contributed by atoms with Crippen molar-refractivity contribution < 1.29 is 9.47 Å². The van der Waals surface area contributed by atoms with Gasteiger partial charge in [-0.25, -0.2) is 0 Å². The summed E-state index contributed by atoms with van der Waals surface area (Å²) in [6.07, 6.45) is 2.44. The lowest BCUT2D eigenvalue weighted by Gasteiger charge is -2.22. The maximum absolute atomic E-state index is 5.50. The molecule has 2 rings (SSSR count). The van der Waals surface area contributed by atoms with E-state index < -0.39 is 0 Å². The first-order valence-corrected chi connectivity index (χ1v) is 7.46. The molecule has 1 aromatic carbocycles. The van der Waals surface area contributed by atoms with Gasteiger partial charge < -0.3 is 19.7 Å². The quantitative estimate of drug-likeness (QED) is 0.777. The van der Waals surface area contributed by atoms with Gasteiger partial charge in [0.05, 0.1) is 19.9 Å². The molecule has 0 aliphatic carbocycles. The van der Waals surface area contributed by atoms with Gasteiger partial charge in [0.1, 0.15) is 11.5 Å². The van der Waals surface area contributed by atoms with Crippen LogP contribution in [-0.4, -0.2) is 40.4 Å². The highest BCUT2D eigenvalue weighted by Crippen LogP contribution is 2.35. The second-order valence-corrected chi connectivity index (χ2v) is 5.34. The Morgan fingerprint density at radius 1 is 1.30 bits per heavy atom. The Morgan fingerprint density at radius 3 is 2.85 bits per heavy atom. The van der Waals surface area contributed by atoms with E-state index in [1.807, 2.05) is 12.1 Å². The summed E-state index contributed by atoms with van der Waals surface area (Å²) in [6.45, 7) is 6.63. The van der Waals surface area contributed by atoms with E-state index in [1.54, 1.807) is 14.2 Å². The van der Waals surface area contributed by atoms with Crippen molar-refractivity contribution in [2.24, 2.45) is 5.92 Å². The van der Waals surface area contributed by atoms with Crippen LogP contribution in [0.25, 0.3) is 0 Å². The SMILES string of the molecule is CCCNCC1CCN(c2ccc(OC)cc2OC)C1. The van der Waals surface area contributed by atoms with Crippen LogP contribution in [0, 0.1) is 5.92 Å². The molecule has 1 unspecified atom stereocenters. The van der Waals surface area contributed by atoms with Crippen LogP contribution in [0.5, 0.6) is 11.5 Å². The number of rotatable bonds is 7. The minimum Gasteiger partial charge on any atom is -0.497 e. The van der Waals surface area contributed by atoms with Gasteiger partial charge in [-0.15, -0.1) is 0 Å². The molecule has 0 bridgehead atoms. The Bertz CT molecular complexity index is 423. The number of benzene rings is 1. The minimum absolute atomic E-state index is 0.730. The topological polar surface area (TPSA) is 33.7 Å². The molecular weight excluding hydrogens is 252 g/mol. The molecule has 1 aromatic rings. The van der Waals surface area contributed by atoms with Gasteiger partial charge in [-0.3, -0.25) is 0 Å². The summed E-state index contributed by atoms with van der Waals surface area (Å²) < 4.78 is 10.7. The Hall–Kier alpha value is -1.42. The molecule has 20 heavy (non-hydrogen) atoms. The lowest BCUT2D eigenvalue weighted by Crippen LogP contribution is -2.27. The first-order valence-electron chi connectivity index (χ1n) is 7.46. The van der Waals surface area contributed by atoms with Crippen molar-refractivity contribution in [1.29, 1.82) is 0 Å². The van der Waals surface area contributed by atoms with Gasteiger partial charge in [-0.2, -0.15) is 0 Å². The van der Waals surface area contributed by atoms with Crippen molar-refractivity contribution in [3.05, 3.63) is 18.2 Å². The number of methoxy groups -OCH3 is 2. The molecule has 4 heteroatoms. The molecule has 1 heterocycles. The van der Waals surface area contributed by atoms with Crippen LogP contribution in [0.3, 0.4) is 0 Å². The van der Waals surface area contributed by atoms with Crippen LogP contribution >= 0.6 is 0 Å². The third kappa shape index (κ3) is 3.57. The smallest absolute Gasteiger partial charge is 0.145 e. The van der Waals surface area contributed by atoms with E-state index >= 15 is 0 Å². The van der Waals surface area contributed by atoms with E-state index in [1.165, 1.54) is 18.5 Å². The number of nitrogens with one attached hydrogen (secondary N) is 1. The van der Waals surface area contributed by atoms with E-state index in [-0.39, 0.29) is 0 Å². The van der Waals surface area contributed by atoms with Crippen LogP contribution in [0.15, 0.2) is 18.2 Å². The highest BCUT2D eigenvalue weighted by molar-refractivity contribution is 5.61. The summed E-state index contributed by atoms with van der Waals surface area (Å²) in [5, 5.41) is 3.52. The highest BCUT2D eigenvalue weighted by atomic mass is 16.5. The molecule has 1 aliphatic heterocycles. The Balaban J connectivity index is 1.98. The van der Waals surface area contributed by atoms with Gasteiger partial charge in [-0.1, -0.05) is 6.92 Å². The van der Waals surface area contributed by atoms with Crippen molar-refractivity contribution in [2.45, 2.75) is 19.8 Å². The van der Waals surface area contributed by atoms with Gasteiger partial charge in [0.2, 0.25) is 0 Å². The molecule has 1 atom stereocenters. The number of ether oxygens (including phenoxy) is 2. The molecule has 0 amide bonds. The number of hydrogen-bond donors (Lipinski definition) is 1. The van der Waals surface area contributed by atoms with Crippen LogP contribution in [-0.2, 0) is 0 Å². The van der Waals surface area contributed by atoms with Crippen molar-refractivity contribution in [2.75, 3.05) is 45.3 Å². The second kappa shape index (κ2) is 7.39. The van der Waals surface area contributed by atoms with Gasteiger partial charge in [0.25, 0.3) is 0 Å². The lowest BCUT2D eigenvalue weighted by atomic mass is 10.1. The molecule has 0 saturated carbocycles. The molecule has 112 valence electrons. The number of nitrogens with zero attached hydrogens (tertiary/aromatic N) is 1. The zero-order valence-corrected chi connectivity index (χ0v) is 12.8. The fourth-order valence-corrected chi connectivity index (χ4v) is 2.75.